The topological polar surface area (TPSA) is 26.0 Å². The van der Waals surface area contributed by atoms with Crippen LogP contribution in [0.3, 0.4) is 0 Å². The lowest BCUT2D eigenvalue weighted by atomic mass is 10.1. The molecule has 0 spiro atoms. The molecule has 2 N–H and O–H groups in total. The summed E-state index contributed by atoms with van der Waals surface area (Å²) in [6.45, 7) is 0. The SMILES string of the molecule is N[C@H]1C[C@H]1c1cccc(Cl)c1. The van der Waals surface area contributed by atoms with Crippen molar-refractivity contribution < 1.29 is 0 Å². The standard InChI is InChI=1S/C9H10ClN/c10-7-3-1-2-6(4-7)8-5-9(8)11/h1-4,8-9H,5,11H2/t8-,9-/m0/s1. The van der Waals surface area contributed by atoms with Crippen LogP contribution >= 0.6 is 11.6 Å². The Morgan fingerprint density at radius 2 is 2.18 bits per heavy atom. The molecular formula is C9H10ClN. The van der Waals surface area contributed by atoms with Crippen LogP contribution in [0.15, 0.2) is 24.3 Å². The van der Waals surface area contributed by atoms with E-state index >= 15 is 0 Å². The highest BCUT2D eigenvalue weighted by molar-refractivity contribution is 6.30. The number of hydrogen-bond donors (Lipinski definition) is 1. The summed E-state index contributed by atoms with van der Waals surface area (Å²) in [7, 11) is 0. The van der Waals surface area contributed by atoms with Crippen LogP contribution in [0.4, 0.5) is 0 Å². The second-order valence-corrected chi connectivity index (χ2v) is 3.50. The van der Waals surface area contributed by atoms with Crippen LogP contribution in [0.5, 0.6) is 0 Å². The zero-order chi connectivity index (χ0) is 7.84. The minimum Gasteiger partial charge on any atom is -0.327 e. The first-order valence-electron chi connectivity index (χ1n) is 3.78. The molecule has 0 amide bonds. The van der Waals surface area contributed by atoms with Crippen molar-refractivity contribution in [1.29, 1.82) is 0 Å². The molecule has 2 heteroatoms. The van der Waals surface area contributed by atoms with Crippen molar-refractivity contribution in [3.63, 3.8) is 0 Å². The van der Waals surface area contributed by atoms with Crippen molar-refractivity contribution in [1.82, 2.24) is 0 Å². The number of rotatable bonds is 1. The van der Waals surface area contributed by atoms with E-state index in [1.807, 2.05) is 18.2 Å². The average molecular weight is 168 g/mol. The summed E-state index contributed by atoms with van der Waals surface area (Å²) >= 11 is 5.82. The Morgan fingerprint density at radius 1 is 1.45 bits per heavy atom. The summed E-state index contributed by atoms with van der Waals surface area (Å²) in [5.41, 5.74) is 6.99. The molecule has 1 aliphatic carbocycles. The normalized spacial score (nSPS) is 28.5. The van der Waals surface area contributed by atoms with Crippen LogP contribution < -0.4 is 5.73 Å². The summed E-state index contributed by atoms with van der Waals surface area (Å²) < 4.78 is 0. The molecule has 0 heterocycles. The van der Waals surface area contributed by atoms with Crippen LogP contribution in [-0.4, -0.2) is 6.04 Å². The van der Waals surface area contributed by atoms with Crippen LogP contribution in [0.2, 0.25) is 5.02 Å². The van der Waals surface area contributed by atoms with Gasteiger partial charge in [-0.1, -0.05) is 23.7 Å². The minimum absolute atomic E-state index is 0.369. The van der Waals surface area contributed by atoms with Crippen LogP contribution in [0.25, 0.3) is 0 Å². The molecular weight excluding hydrogens is 158 g/mol. The first kappa shape index (κ1) is 7.14. The smallest absolute Gasteiger partial charge is 0.0408 e. The Balaban J connectivity index is 2.25. The zero-order valence-electron chi connectivity index (χ0n) is 6.13. The molecule has 1 nitrogen and oxygen atoms in total. The van der Waals surface area contributed by atoms with Gasteiger partial charge in [0.05, 0.1) is 0 Å². The average Bonchev–Trinajstić information content (AvgIpc) is 2.67. The Morgan fingerprint density at radius 3 is 2.73 bits per heavy atom. The molecule has 58 valence electrons. The third kappa shape index (κ3) is 1.39. The fourth-order valence-corrected chi connectivity index (χ4v) is 1.53. The van der Waals surface area contributed by atoms with Gasteiger partial charge in [0, 0.05) is 17.0 Å². The molecule has 1 aliphatic rings. The fourth-order valence-electron chi connectivity index (χ4n) is 1.34. The summed E-state index contributed by atoms with van der Waals surface area (Å²) in [6, 6.07) is 8.32. The van der Waals surface area contributed by atoms with Crippen molar-refractivity contribution in [3.8, 4) is 0 Å². The van der Waals surface area contributed by atoms with Gasteiger partial charge in [-0.05, 0) is 24.1 Å². The van der Waals surface area contributed by atoms with E-state index in [0.29, 0.717) is 12.0 Å². The molecule has 1 aromatic carbocycles. The second kappa shape index (κ2) is 2.50. The van der Waals surface area contributed by atoms with E-state index in [1.165, 1.54) is 5.56 Å². The predicted molar refractivity (Wildman–Crippen MR) is 46.8 cm³/mol. The molecule has 1 saturated carbocycles. The number of halogens is 1. The maximum Gasteiger partial charge on any atom is 0.0408 e. The maximum atomic E-state index is 5.82. The summed E-state index contributed by atoms with van der Waals surface area (Å²) in [4.78, 5) is 0. The van der Waals surface area contributed by atoms with Crippen LogP contribution in [-0.2, 0) is 0 Å². The van der Waals surface area contributed by atoms with E-state index in [0.717, 1.165) is 11.4 Å². The monoisotopic (exact) mass is 167 g/mol. The highest BCUT2D eigenvalue weighted by Crippen LogP contribution is 2.39. The molecule has 0 saturated heterocycles. The Kier molecular flexibility index (Phi) is 1.63. The summed E-state index contributed by atoms with van der Waals surface area (Å²) in [5.74, 6) is 0.564. The van der Waals surface area contributed by atoms with E-state index < -0.39 is 0 Å². The largest absolute Gasteiger partial charge is 0.327 e. The predicted octanol–water partition coefficient (Wildman–Crippen LogP) is 2.15. The van der Waals surface area contributed by atoms with Crippen molar-refractivity contribution in [2.45, 2.75) is 18.4 Å². The van der Waals surface area contributed by atoms with Crippen molar-refractivity contribution in [2.75, 3.05) is 0 Å². The van der Waals surface area contributed by atoms with E-state index in [1.54, 1.807) is 0 Å². The number of hydrogen-bond acceptors (Lipinski definition) is 1. The maximum absolute atomic E-state index is 5.82. The molecule has 0 aliphatic heterocycles. The van der Waals surface area contributed by atoms with Gasteiger partial charge in [0.1, 0.15) is 0 Å². The van der Waals surface area contributed by atoms with Gasteiger partial charge in [-0.2, -0.15) is 0 Å². The molecule has 11 heavy (non-hydrogen) atoms. The van der Waals surface area contributed by atoms with Crippen molar-refractivity contribution in [3.05, 3.63) is 34.9 Å². The second-order valence-electron chi connectivity index (χ2n) is 3.06. The molecule has 2 rings (SSSR count). The van der Waals surface area contributed by atoms with E-state index in [-0.39, 0.29) is 0 Å². The molecule has 1 fully saturated rings. The van der Waals surface area contributed by atoms with Gasteiger partial charge >= 0.3 is 0 Å². The highest BCUT2D eigenvalue weighted by Gasteiger charge is 2.34. The van der Waals surface area contributed by atoms with E-state index in [2.05, 4.69) is 6.07 Å². The summed E-state index contributed by atoms with van der Waals surface area (Å²) in [5, 5.41) is 0.807. The van der Waals surface area contributed by atoms with Gasteiger partial charge in [-0.25, -0.2) is 0 Å². The Bertz CT molecular complexity index is 272. The van der Waals surface area contributed by atoms with Gasteiger partial charge < -0.3 is 5.73 Å². The zero-order valence-corrected chi connectivity index (χ0v) is 6.88. The van der Waals surface area contributed by atoms with Gasteiger partial charge in [0.15, 0.2) is 0 Å². The first-order valence-corrected chi connectivity index (χ1v) is 4.16. The first-order chi connectivity index (χ1) is 5.27. The third-order valence-electron chi connectivity index (χ3n) is 2.12. The molecule has 0 radical (unpaired) electrons. The number of nitrogens with two attached hydrogens (primary N) is 1. The minimum atomic E-state index is 0.369. The molecule has 0 bridgehead atoms. The van der Waals surface area contributed by atoms with Crippen LogP contribution in [0, 0.1) is 0 Å². The fraction of sp³-hybridized carbons (Fsp3) is 0.333. The van der Waals surface area contributed by atoms with Gasteiger partial charge in [0.2, 0.25) is 0 Å². The van der Waals surface area contributed by atoms with E-state index in [4.69, 9.17) is 17.3 Å². The lowest BCUT2D eigenvalue weighted by Gasteiger charge is -1.97. The van der Waals surface area contributed by atoms with Crippen molar-refractivity contribution >= 4 is 11.6 Å². The third-order valence-corrected chi connectivity index (χ3v) is 2.35. The van der Waals surface area contributed by atoms with Gasteiger partial charge in [-0.15, -0.1) is 0 Å². The lowest BCUT2D eigenvalue weighted by molar-refractivity contribution is 0.991. The summed E-state index contributed by atoms with van der Waals surface area (Å²) in [6.07, 6.45) is 1.11. The molecule has 2 atom stereocenters. The van der Waals surface area contributed by atoms with Gasteiger partial charge in [0.25, 0.3) is 0 Å². The molecule has 0 unspecified atom stereocenters. The van der Waals surface area contributed by atoms with E-state index in [9.17, 15) is 0 Å². The number of benzene rings is 1. The lowest BCUT2D eigenvalue weighted by Crippen LogP contribution is -2.00. The Hall–Kier alpha value is -0.530. The molecule has 0 aromatic heterocycles. The van der Waals surface area contributed by atoms with Crippen LogP contribution in [0.1, 0.15) is 17.9 Å². The van der Waals surface area contributed by atoms with Gasteiger partial charge in [-0.3, -0.25) is 0 Å². The Labute approximate surface area is 71.2 Å². The van der Waals surface area contributed by atoms with Crippen molar-refractivity contribution in [2.24, 2.45) is 5.73 Å². The highest BCUT2D eigenvalue weighted by atomic mass is 35.5. The molecule has 1 aromatic rings. The quantitative estimate of drug-likeness (QED) is 0.682.